The highest BCUT2D eigenvalue weighted by atomic mass is 16.6. The zero-order valence-electron chi connectivity index (χ0n) is 16.2. The molecule has 7 nitrogen and oxygen atoms in total. The molecule has 0 N–H and O–H groups in total. The zero-order chi connectivity index (χ0) is 20.6. The van der Waals surface area contributed by atoms with E-state index < -0.39 is 11.9 Å². The molecule has 150 valence electrons. The van der Waals surface area contributed by atoms with E-state index >= 15 is 0 Å². The third-order valence-electron chi connectivity index (χ3n) is 4.42. The SMILES string of the molecule is Cc1cccc2c(=O)n(CCCC(=O)OCCOC(=O)c3ccccc3)cnc12. The molecule has 0 aliphatic rings. The number of aryl methyl sites for hydroxylation is 2. The van der Waals surface area contributed by atoms with E-state index in [1.54, 1.807) is 30.3 Å². The Labute approximate surface area is 167 Å². The normalized spacial score (nSPS) is 10.7. The molecule has 0 aliphatic carbocycles. The minimum atomic E-state index is -0.458. The highest BCUT2D eigenvalue weighted by molar-refractivity contribution is 5.89. The van der Waals surface area contributed by atoms with Crippen LogP contribution in [0.5, 0.6) is 0 Å². The van der Waals surface area contributed by atoms with Gasteiger partial charge in [-0.3, -0.25) is 14.2 Å². The number of esters is 2. The molecular weight excluding hydrogens is 372 g/mol. The number of fused-ring (bicyclic) bond motifs is 1. The average Bonchev–Trinajstić information content (AvgIpc) is 2.74. The van der Waals surface area contributed by atoms with Crippen molar-refractivity contribution in [2.45, 2.75) is 26.3 Å². The van der Waals surface area contributed by atoms with Gasteiger partial charge >= 0.3 is 11.9 Å². The van der Waals surface area contributed by atoms with Crippen molar-refractivity contribution in [2.24, 2.45) is 0 Å². The number of rotatable bonds is 8. The Morgan fingerprint density at radius 3 is 2.55 bits per heavy atom. The van der Waals surface area contributed by atoms with E-state index in [1.807, 2.05) is 25.1 Å². The monoisotopic (exact) mass is 394 g/mol. The van der Waals surface area contributed by atoms with Gasteiger partial charge in [-0.25, -0.2) is 9.78 Å². The van der Waals surface area contributed by atoms with Gasteiger partial charge in [0, 0.05) is 13.0 Å². The number of aromatic nitrogens is 2. The van der Waals surface area contributed by atoms with Crippen LogP contribution in [0.2, 0.25) is 0 Å². The summed E-state index contributed by atoms with van der Waals surface area (Å²) in [7, 11) is 0. The Balaban J connectivity index is 1.40. The fourth-order valence-electron chi connectivity index (χ4n) is 2.91. The first-order valence-corrected chi connectivity index (χ1v) is 9.39. The predicted molar refractivity (Wildman–Crippen MR) is 108 cm³/mol. The van der Waals surface area contributed by atoms with Crippen LogP contribution in [0.4, 0.5) is 0 Å². The lowest BCUT2D eigenvalue weighted by Crippen LogP contribution is -2.21. The number of ether oxygens (including phenoxy) is 2. The summed E-state index contributed by atoms with van der Waals surface area (Å²) < 4.78 is 11.6. The van der Waals surface area contributed by atoms with Crippen molar-refractivity contribution in [2.75, 3.05) is 13.2 Å². The van der Waals surface area contributed by atoms with Crippen LogP contribution in [0.25, 0.3) is 10.9 Å². The fraction of sp³-hybridized carbons (Fsp3) is 0.273. The molecule has 3 aromatic rings. The second kappa shape index (κ2) is 9.64. The Hall–Kier alpha value is -3.48. The van der Waals surface area contributed by atoms with Crippen LogP contribution in [0.15, 0.2) is 59.7 Å². The standard InChI is InChI=1S/C22H22N2O5/c1-16-7-5-10-18-20(16)23-15-24(21(18)26)12-6-11-19(25)28-13-14-29-22(27)17-8-3-2-4-9-17/h2-5,7-10,15H,6,11-14H2,1H3. The second-order valence-corrected chi connectivity index (χ2v) is 6.54. The summed E-state index contributed by atoms with van der Waals surface area (Å²) in [6.45, 7) is 2.26. The van der Waals surface area contributed by atoms with Crippen LogP contribution in [-0.4, -0.2) is 34.7 Å². The smallest absolute Gasteiger partial charge is 0.338 e. The van der Waals surface area contributed by atoms with Gasteiger partial charge in [-0.05, 0) is 37.1 Å². The molecule has 3 rings (SSSR count). The number of hydrogen-bond acceptors (Lipinski definition) is 6. The van der Waals surface area contributed by atoms with Crippen LogP contribution in [-0.2, 0) is 20.8 Å². The molecule has 29 heavy (non-hydrogen) atoms. The molecule has 0 spiro atoms. The molecule has 0 amide bonds. The van der Waals surface area contributed by atoms with Crippen LogP contribution in [0.1, 0.15) is 28.8 Å². The average molecular weight is 394 g/mol. The molecule has 2 aromatic carbocycles. The quantitative estimate of drug-likeness (QED) is 0.431. The number of benzene rings is 2. The van der Waals surface area contributed by atoms with Crippen molar-refractivity contribution in [3.63, 3.8) is 0 Å². The highest BCUT2D eigenvalue weighted by Gasteiger charge is 2.09. The van der Waals surface area contributed by atoms with Gasteiger partial charge in [0.25, 0.3) is 5.56 Å². The van der Waals surface area contributed by atoms with E-state index in [0.717, 1.165) is 5.56 Å². The summed E-state index contributed by atoms with van der Waals surface area (Å²) in [6, 6.07) is 14.1. The summed E-state index contributed by atoms with van der Waals surface area (Å²) in [5.74, 6) is -0.863. The maximum Gasteiger partial charge on any atom is 0.338 e. The molecule has 0 atom stereocenters. The Morgan fingerprint density at radius 2 is 1.76 bits per heavy atom. The van der Waals surface area contributed by atoms with Gasteiger partial charge in [0.05, 0.1) is 22.8 Å². The summed E-state index contributed by atoms with van der Waals surface area (Å²) in [5.41, 5.74) is 1.96. The molecule has 0 bridgehead atoms. The lowest BCUT2D eigenvalue weighted by molar-refractivity contribution is -0.144. The molecular formula is C22H22N2O5. The van der Waals surface area contributed by atoms with E-state index in [2.05, 4.69) is 4.98 Å². The van der Waals surface area contributed by atoms with Gasteiger partial charge in [0.15, 0.2) is 0 Å². The minimum Gasteiger partial charge on any atom is -0.462 e. The van der Waals surface area contributed by atoms with Gasteiger partial charge in [0.2, 0.25) is 0 Å². The maximum absolute atomic E-state index is 12.5. The van der Waals surface area contributed by atoms with Gasteiger partial charge in [-0.2, -0.15) is 0 Å². The number of carbonyl (C=O) groups is 2. The summed E-state index contributed by atoms with van der Waals surface area (Å²) in [6.07, 6.45) is 2.11. The Morgan fingerprint density at radius 1 is 1.00 bits per heavy atom. The molecule has 0 saturated carbocycles. The molecule has 1 heterocycles. The lowest BCUT2D eigenvalue weighted by Gasteiger charge is -2.08. The van der Waals surface area contributed by atoms with Gasteiger partial charge in [-0.15, -0.1) is 0 Å². The molecule has 1 aromatic heterocycles. The molecule has 0 fully saturated rings. The zero-order valence-corrected chi connectivity index (χ0v) is 16.2. The van der Waals surface area contributed by atoms with E-state index in [4.69, 9.17) is 9.47 Å². The van der Waals surface area contributed by atoms with Crippen LogP contribution >= 0.6 is 0 Å². The number of carbonyl (C=O) groups excluding carboxylic acids is 2. The summed E-state index contributed by atoms with van der Waals surface area (Å²) in [4.78, 5) is 40.4. The largest absolute Gasteiger partial charge is 0.462 e. The Kier molecular flexibility index (Phi) is 6.73. The first-order chi connectivity index (χ1) is 14.1. The van der Waals surface area contributed by atoms with E-state index in [9.17, 15) is 14.4 Å². The molecule has 0 saturated heterocycles. The van der Waals surface area contributed by atoms with Crippen LogP contribution in [0.3, 0.4) is 0 Å². The van der Waals surface area contributed by atoms with Crippen molar-refractivity contribution in [3.8, 4) is 0 Å². The molecule has 0 unspecified atom stereocenters. The molecule has 0 radical (unpaired) electrons. The fourth-order valence-corrected chi connectivity index (χ4v) is 2.91. The first kappa shape index (κ1) is 20.3. The Bertz CT molecular complexity index is 1060. The topological polar surface area (TPSA) is 87.5 Å². The number of hydrogen-bond donors (Lipinski definition) is 0. The van der Waals surface area contributed by atoms with Crippen LogP contribution < -0.4 is 5.56 Å². The number of para-hydroxylation sites is 1. The van der Waals surface area contributed by atoms with Crippen molar-refractivity contribution in [3.05, 3.63) is 76.3 Å². The maximum atomic E-state index is 12.5. The van der Waals surface area contributed by atoms with Crippen molar-refractivity contribution in [1.82, 2.24) is 9.55 Å². The number of nitrogens with zero attached hydrogens (tertiary/aromatic N) is 2. The first-order valence-electron chi connectivity index (χ1n) is 9.39. The summed E-state index contributed by atoms with van der Waals surface area (Å²) >= 11 is 0. The van der Waals surface area contributed by atoms with E-state index in [-0.39, 0.29) is 25.2 Å². The van der Waals surface area contributed by atoms with Gasteiger partial charge < -0.3 is 9.47 Å². The van der Waals surface area contributed by atoms with Gasteiger partial charge in [0.1, 0.15) is 13.2 Å². The third kappa shape index (κ3) is 5.28. The second-order valence-electron chi connectivity index (χ2n) is 6.54. The highest BCUT2D eigenvalue weighted by Crippen LogP contribution is 2.11. The molecule has 0 aliphatic heterocycles. The van der Waals surface area contributed by atoms with E-state index in [1.165, 1.54) is 10.9 Å². The predicted octanol–water partition coefficient (Wildman–Crippen LogP) is 2.89. The van der Waals surface area contributed by atoms with Crippen molar-refractivity contribution >= 4 is 22.8 Å². The lowest BCUT2D eigenvalue weighted by atomic mass is 10.1. The van der Waals surface area contributed by atoms with Crippen molar-refractivity contribution in [1.29, 1.82) is 0 Å². The third-order valence-corrected chi connectivity index (χ3v) is 4.42. The van der Waals surface area contributed by atoms with Crippen molar-refractivity contribution < 1.29 is 19.1 Å². The van der Waals surface area contributed by atoms with E-state index in [0.29, 0.717) is 29.4 Å². The molecule has 7 heteroatoms. The minimum absolute atomic E-state index is 0.00579. The summed E-state index contributed by atoms with van der Waals surface area (Å²) in [5, 5.41) is 0.565. The van der Waals surface area contributed by atoms with Gasteiger partial charge in [-0.1, -0.05) is 30.3 Å². The van der Waals surface area contributed by atoms with Crippen LogP contribution in [0, 0.1) is 6.92 Å².